The molecule has 1 aromatic rings. The fourth-order valence-electron chi connectivity index (χ4n) is 2.34. The van der Waals surface area contributed by atoms with Gasteiger partial charge in [0.05, 0.1) is 4.47 Å². The average Bonchev–Trinajstić information content (AvgIpc) is 3.13. The Kier molecular flexibility index (Phi) is 4.57. The minimum absolute atomic E-state index is 0.181. The van der Waals surface area contributed by atoms with Gasteiger partial charge in [0.15, 0.2) is 0 Å². The molecule has 0 bridgehead atoms. The lowest BCUT2D eigenvalue weighted by atomic mass is 10.0. The van der Waals surface area contributed by atoms with Crippen LogP contribution in [0.3, 0.4) is 0 Å². The fraction of sp³-hybridized carbons (Fsp3) is 0.571. The second kappa shape index (κ2) is 5.96. The van der Waals surface area contributed by atoms with E-state index in [1.165, 1.54) is 37.3 Å². The van der Waals surface area contributed by atoms with Crippen LogP contribution in [-0.2, 0) is 6.42 Å². The molecule has 0 radical (unpaired) electrons. The quantitative estimate of drug-likeness (QED) is 0.840. The van der Waals surface area contributed by atoms with E-state index >= 15 is 0 Å². The van der Waals surface area contributed by atoms with Crippen molar-refractivity contribution < 1.29 is 4.39 Å². The van der Waals surface area contributed by atoms with Crippen molar-refractivity contribution in [3.63, 3.8) is 0 Å². The van der Waals surface area contributed by atoms with Crippen LogP contribution in [0.2, 0.25) is 0 Å². The molecule has 0 amide bonds. The smallest absolute Gasteiger partial charge is 0.137 e. The lowest BCUT2D eigenvalue weighted by Crippen LogP contribution is -2.27. The van der Waals surface area contributed by atoms with Crippen LogP contribution in [-0.4, -0.2) is 13.1 Å². The number of hydrogen-bond acceptors (Lipinski definition) is 1. The zero-order valence-corrected chi connectivity index (χ0v) is 11.8. The van der Waals surface area contributed by atoms with Gasteiger partial charge in [-0.3, -0.25) is 0 Å². The molecule has 0 aliphatic heterocycles. The fourth-order valence-corrected chi connectivity index (χ4v) is 2.76. The highest BCUT2D eigenvalue weighted by atomic mass is 79.9. The van der Waals surface area contributed by atoms with Gasteiger partial charge in [0.1, 0.15) is 5.82 Å². The van der Waals surface area contributed by atoms with Gasteiger partial charge in [-0.25, -0.2) is 4.39 Å². The summed E-state index contributed by atoms with van der Waals surface area (Å²) >= 11 is 3.23. The summed E-state index contributed by atoms with van der Waals surface area (Å²) in [6, 6.07) is 5.99. The third-order valence-corrected chi connectivity index (χ3v) is 4.13. The van der Waals surface area contributed by atoms with E-state index in [0.29, 0.717) is 10.5 Å². The molecule has 0 saturated heterocycles. The summed E-state index contributed by atoms with van der Waals surface area (Å²) in [6.07, 6.45) is 6.18. The van der Waals surface area contributed by atoms with Gasteiger partial charge >= 0.3 is 0 Å². The number of nitrogens with one attached hydrogen (secondary N) is 1. The summed E-state index contributed by atoms with van der Waals surface area (Å²) in [6.45, 7) is 0. The molecule has 1 atom stereocenters. The molecule has 1 N–H and O–H groups in total. The van der Waals surface area contributed by atoms with E-state index in [0.717, 1.165) is 12.3 Å². The van der Waals surface area contributed by atoms with Crippen molar-refractivity contribution in [3.8, 4) is 0 Å². The van der Waals surface area contributed by atoms with E-state index in [1.54, 1.807) is 0 Å². The maximum Gasteiger partial charge on any atom is 0.137 e. The zero-order chi connectivity index (χ0) is 12.3. The Morgan fingerprint density at radius 1 is 1.47 bits per heavy atom. The van der Waals surface area contributed by atoms with Crippen LogP contribution >= 0.6 is 15.9 Å². The van der Waals surface area contributed by atoms with E-state index in [-0.39, 0.29) is 5.82 Å². The van der Waals surface area contributed by atoms with Gasteiger partial charge in [-0.15, -0.1) is 0 Å². The molecule has 0 spiro atoms. The van der Waals surface area contributed by atoms with Gasteiger partial charge < -0.3 is 5.32 Å². The monoisotopic (exact) mass is 299 g/mol. The summed E-state index contributed by atoms with van der Waals surface area (Å²) in [5.74, 6) is 0.722. The van der Waals surface area contributed by atoms with Gasteiger partial charge in [0.25, 0.3) is 0 Å². The van der Waals surface area contributed by atoms with Crippen LogP contribution in [0.4, 0.5) is 4.39 Å². The molecule has 2 rings (SSSR count). The molecule has 94 valence electrons. The topological polar surface area (TPSA) is 12.0 Å². The van der Waals surface area contributed by atoms with Gasteiger partial charge in [-0.1, -0.05) is 6.07 Å². The van der Waals surface area contributed by atoms with Crippen molar-refractivity contribution >= 4 is 15.9 Å². The molecule has 1 aromatic carbocycles. The second-order valence-electron chi connectivity index (χ2n) is 4.87. The second-order valence-corrected chi connectivity index (χ2v) is 5.73. The average molecular weight is 300 g/mol. The molecular formula is C14H19BrFN. The van der Waals surface area contributed by atoms with Crippen LogP contribution in [0.25, 0.3) is 0 Å². The molecule has 1 nitrogen and oxygen atoms in total. The van der Waals surface area contributed by atoms with E-state index in [9.17, 15) is 4.39 Å². The highest BCUT2D eigenvalue weighted by Crippen LogP contribution is 2.34. The minimum Gasteiger partial charge on any atom is -0.317 e. The molecule has 3 heteroatoms. The van der Waals surface area contributed by atoms with E-state index in [4.69, 9.17) is 0 Å². The van der Waals surface area contributed by atoms with E-state index in [1.807, 2.05) is 12.1 Å². The van der Waals surface area contributed by atoms with E-state index < -0.39 is 0 Å². The van der Waals surface area contributed by atoms with E-state index in [2.05, 4.69) is 28.3 Å². The Bertz CT molecular complexity index is 376. The number of benzene rings is 1. The Morgan fingerprint density at radius 3 is 2.82 bits per heavy atom. The third kappa shape index (κ3) is 3.78. The maximum atomic E-state index is 13.1. The first-order chi connectivity index (χ1) is 8.20. The molecule has 1 aliphatic carbocycles. The molecule has 1 aliphatic rings. The maximum absolute atomic E-state index is 13.1. The van der Waals surface area contributed by atoms with Crippen LogP contribution < -0.4 is 5.32 Å². The summed E-state index contributed by atoms with van der Waals surface area (Å²) < 4.78 is 13.6. The third-order valence-electron chi connectivity index (χ3n) is 3.53. The molecular weight excluding hydrogens is 281 g/mol. The Morgan fingerprint density at radius 2 is 2.24 bits per heavy atom. The SMILES string of the molecule is CNC(CCCc1ccc(F)c(Br)c1)C1CC1. The first kappa shape index (κ1) is 13.0. The van der Waals surface area contributed by atoms with Gasteiger partial charge in [-0.05, 0) is 78.7 Å². The van der Waals surface area contributed by atoms with Crippen LogP contribution in [0.15, 0.2) is 22.7 Å². The van der Waals surface area contributed by atoms with Crippen molar-refractivity contribution in [1.29, 1.82) is 0 Å². The van der Waals surface area contributed by atoms with Gasteiger partial charge in [-0.2, -0.15) is 0 Å². The molecule has 17 heavy (non-hydrogen) atoms. The van der Waals surface area contributed by atoms with Crippen LogP contribution in [0.5, 0.6) is 0 Å². The molecule has 1 saturated carbocycles. The Hall–Kier alpha value is -0.410. The van der Waals surface area contributed by atoms with Gasteiger partial charge in [0, 0.05) is 6.04 Å². The lowest BCUT2D eigenvalue weighted by molar-refractivity contribution is 0.456. The number of hydrogen-bond donors (Lipinski definition) is 1. The predicted molar refractivity (Wildman–Crippen MR) is 72.6 cm³/mol. The summed E-state index contributed by atoms with van der Waals surface area (Å²) in [4.78, 5) is 0. The minimum atomic E-state index is -0.181. The first-order valence-electron chi connectivity index (χ1n) is 6.32. The highest BCUT2D eigenvalue weighted by molar-refractivity contribution is 9.10. The van der Waals surface area contributed by atoms with Crippen molar-refractivity contribution in [2.45, 2.75) is 38.1 Å². The van der Waals surface area contributed by atoms with Crippen LogP contribution in [0, 0.1) is 11.7 Å². The van der Waals surface area contributed by atoms with Crippen molar-refractivity contribution in [3.05, 3.63) is 34.1 Å². The highest BCUT2D eigenvalue weighted by Gasteiger charge is 2.29. The van der Waals surface area contributed by atoms with Crippen molar-refractivity contribution in [2.24, 2.45) is 5.92 Å². The molecule has 0 aromatic heterocycles. The molecule has 0 heterocycles. The molecule has 1 fully saturated rings. The standard InChI is InChI=1S/C14H19BrFN/c1-17-14(11-6-7-11)4-2-3-10-5-8-13(16)12(15)9-10/h5,8-9,11,14,17H,2-4,6-7H2,1H3. The van der Waals surface area contributed by atoms with Crippen LogP contribution in [0.1, 0.15) is 31.2 Å². The number of halogens is 2. The van der Waals surface area contributed by atoms with Gasteiger partial charge in [0.2, 0.25) is 0 Å². The first-order valence-corrected chi connectivity index (χ1v) is 7.11. The number of rotatable bonds is 6. The normalized spacial score (nSPS) is 17.1. The largest absolute Gasteiger partial charge is 0.317 e. The predicted octanol–water partition coefficient (Wildman–Crippen LogP) is 3.91. The molecule has 1 unspecified atom stereocenters. The summed E-state index contributed by atoms with van der Waals surface area (Å²) in [7, 11) is 2.05. The lowest BCUT2D eigenvalue weighted by Gasteiger charge is -2.14. The number of aryl methyl sites for hydroxylation is 1. The zero-order valence-electron chi connectivity index (χ0n) is 10.2. The van der Waals surface area contributed by atoms with Crippen molar-refractivity contribution in [2.75, 3.05) is 7.05 Å². The summed E-state index contributed by atoms with van der Waals surface area (Å²) in [5.41, 5.74) is 1.21. The Labute approximate surface area is 111 Å². The Balaban J connectivity index is 1.78. The van der Waals surface area contributed by atoms with Crippen molar-refractivity contribution in [1.82, 2.24) is 5.32 Å². The summed E-state index contributed by atoms with van der Waals surface area (Å²) in [5, 5.41) is 3.40.